The average Bonchev–Trinajstić information content (AvgIpc) is 2.79. The second-order valence-electron chi connectivity index (χ2n) is 3.71. The van der Waals surface area contributed by atoms with Crippen molar-refractivity contribution in [3.05, 3.63) is 12.1 Å². The molecule has 0 unspecified atom stereocenters. The van der Waals surface area contributed by atoms with E-state index in [4.69, 9.17) is 4.42 Å². The summed E-state index contributed by atoms with van der Waals surface area (Å²) < 4.78 is 5.43. The Morgan fingerprint density at radius 2 is 1.88 bits per heavy atom. The van der Waals surface area contributed by atoms with Gasteiger partial charge in [0.2, 0.25) is 11.8 Å². The summed E-state index contributed by atoms with van der Waals surface area (Å²) in [7, 11) is 0. The fourth-order valence-corrected chi connectivity index (χ4v) is 1.74. The van der Waals surface area contributed by atoms with E-state index >= 15 is 0 Å². The zero-order chi connectivity index (χ0) is 12.8. The Hall–Kier alpha value is -1.52. The minimum absolute atomic E-state index is 0.142. The Bertz CT molecular complexity index is 354. The number of hydrogen-bond acceptors (Lipinski definition) is 4. The van der Waals surface area contributed by atoms with Gasteiger partial charge in [0.25, 0.3) is 0 Å². The Balaban J connectivity index is 0.000000686. The Morgan fingerprint density at radius 3 is 2.29 bits per heavy atom. The van der Waals surface area contributed by atoms with E-state index in [1.165, 1.54) is 0 Å². The molecule has 0 N–H and O–H groups in total. The van der Waals surface area contributed by atoms with Crippen LogP contribution in [0.25, 0.3) is 0 Å². The molecule has 1 aliphatic rings. The van der Waals surface area contributed by atoms with E-state index in [2.05, 4.69) is 9.88 Å². The lowest BCUT2D eigenvalue weighted by Gasteiger charge is -2.33. The molecular formula is C12H21N3O2. The van der Waals surface area contributed by atoms with E-state index in [0.717, 1.165) is 32.1 Å². The summed E-state index contributed by atoms with van der Waals surface area (Å²) in [6.45, 7) is 10.6. The highest BCUT2D eigenvalue weighted by molar-refractivity contribution is 5.73. The van der Waals surface area contributed by atoms with Gasteiger partial charge in [0.05, 0.1) is 6.20 Å². The molecule has 96 valence electrons. The molecule has 2 rings (SSSR count). The van der Waals surface area contributed by atoms with Crippen LogP contribution < -0.4 is 4.90 Å². The first-order valence-electron chi connectivity index (χ1n) is 6.09. The predicted octanol–water partition coefficient (Wildman–Crippen LogP) is 1.68. The molecule has 0 bridgehead atoms. The van der Waals surface area contributed by atoms with Crippen molar-refractivity contribution in [1.82, 2.24) is 9.88 Å². The number of rotatable bonds is 1. The lowest BCUT2D eigenvalue weighted by molar-refractivity contribution is -0.129. The van der Waals surface area contributed by atoms with Gasteiger partial charge >= 0.3 is 0 Å². The van der Waals surface area contributed by atoms with Crippen LogP contribution in [-0.2, 0) is 4.79 Å². The summed E-state index contributed by atoms with van der Waals surface area (Å²) in [5.74, 6) is 1.62. The van der Waals surface area contributed by atoms with E-state index in [-0.39, 0.29) is 5.91 Å². The number of carbonyl (C=O) groups is 1. The lowest BCUT2D eigenvalue weighted by Crippen LogP contribution is -2.48. The highest BCUT2D eigenvalue weighted by atomic mass is 16.4. The van der Waals surface area contributed by atoms with E-state index in [1.807, 2.05) is 25.7 Å². The molecule has 0 spiro atoms. The minimum atomic E-state index is 0.142. The summed E-state index contributed by atoms with van der Waals surface area (Å²) in [6.07, 6.45) is 1.73. The summed E-state index contributed by atoms with van der Waals surface area (Å²) in [5.41, 5.74) is 0. The van der Waals surface area contributed by atoms with Crippen LogP contribution in [0.15, 0.2) is 10.6 Å². The van der Waals surface area contributed by atoms with Crippen LogP contribution >= 0.6 is 0 Å². The van der Waals surface area contributed by atoms with Crippen LogP contribution in [0.5, 0.6) is 0 Å². The van der Waals surface area contributed by atoms with Crippen molar-refractivity contribution in [1.29, 1.82) is 0 Å². The molecule has 2 heterocycles. The minimum Gasteiger partial charge on any atom is -0.425 e. The van der Waals surface area contributed by atoms with Crippen LogP contribution in [-0.4, -0.2) is 42.0 Å². The molecule has 0 aromatic carbocycles. The number of oxazole rings is 1. The predicted molar refractivity (Wildman–Crippen MR) is 67.1 cm³/mol. The van der Waals surface area contributed by atoms with Crippen molar-refractivity contribution in [2.45, 2.75) is 27.7 Å². The summed E-state index contributed by atoms with van der Waals surface area (Å²) in [4.78, 5) is 19.1. The van der Waals surface area contributed by atoms with Crippen molar-refractivity contribution in [2.24, 2.45) is 0 Å². The summed E-state index contributed by atoms with van der Waals surface area (Å²) in [5, 5.41) is 0. The van der Waals surface area contributed by atoms with Gasteiger partial charge in [-0.1, -0.05) is 13.8 Å². The van der Waals surface area contributed by atoms with E-state index in [9.17, 15) is 4.79 Å². The van der Waals surface area contributed by atoms with E-state index < -0.39 is 0 Å². The highest BCUT2D eigenvalue weighted by Crippen LogP contribution is 2.17. The smallest absolute Gasteiger partial charge is 0.219 e. The molecule has 0 radical (unpaired) electrons. The van der Waals surface area contributed by atoms with Crippen LogP contribution in [0.2, 0.25) is 0 Å². The first kappa shape index (κ1) is 13.5. The first-order chi connectivity index (χ1) is 8.16. The molecule has 1 aliphatic heterocycles. The van der Waals surface area contributed by atoms with Gasteiger partial charge in [0, 0.05) is 40.0 Å². The molecule has 5 heteroatoms. The standard InChI is InChI=1S/C10H15N3O2.C2H6/c1-8-11-7-10(15-8)13-5-3-12(4-6-13)9(2)14;1-2/h7H,3-6H2,1-2H3;1-2H3. The van der Waals surface area contributed by atoms with Crippen molar-refractivity contribution >= 4 is 11.8 Å². The SMILES string of the molecule is CC.CC(=O)N1CCN(c2cnc(C)o2)CC1. The number of hydrogen-bond donors (Lipinski definition) is 0. The molecule has 0 saturated carbocycles. The second-order valence-corrected chi connectivity index (χ2v) is 3.71. The van der Waals surface area contributed by atoms with E-state index in [0.29, 0.717) is 5.89 Å². The molecule has 1 amide bonds. The van der Waals surface area contributed by atoms with Crippen LogP contribution in [0.3, 0.4) is 0 Å². The van der Waals surface area contributed by atoms with Crippen molar-refractivity contribution in [3.8, 4) is 0 Å². The van der Waals surface area contributed by atoms with Gasteiger partial charge in [-0.25, -0.2) is 4.98 Å². The number of aromatic nitrogens is 1. The van der Waals surface area contributed by atoms with Gasteiger partial charge in [-0.05, 0) is 0 Å². The summed E-state index contributed by atoms with van der Waals surface area (Å²) >= 11 is 0. The van der Waals surface area contributed by atoms with Crippen LogP contribution in [0, 0.1) is 6.92 Å². The topological polar surface area (TPSA) is 49.6 Å². The largest absolute Gasteiger partial charge is 0.425 e. The number of anilines is 1. The third kappa shape index (κ3) is 3.47. The maximum Gasteiger partial charge on any atom is 0.219 e. The first-order valence-corrected chi connectivity index (χ1v) is 6.09. The van der Waals surface area contributed by atoms with Gasteiger partial charge in [0.1, 0.15) is 0 Å². The molecule has 1 aromatic heterocycles. The zero-order valence-electron chi connectivity index (χ0n) is 11.1. The maximum atomic E-state index is 11.1. The highest BCUT2D eigenvalue weighted by Gasteiger charge is 2.20. The van der Waals surface area contributed by atoms with E-state index in [1.54, 1.807) is 13.1 Å². The quantitative estimate of drug-likeness (QED) is 0.748. The molecule has 0 atom stereocenters. The fourth-order valence-electron chi connectivity index (χ4n) is 1.74. The second kappa shape index (κ2) is 6.27. The van der Waals surface area contributed by atoms with Gasteiger partial charge in [-0.2, -0.15) is 0 Å². The molecule has 17 heavy (non-hydrogen) atoms. The fraction of sp³-hybridized carbons (Fsp3) is 0.667. The lowest BCUT2D eigenvalue weighted by atomic mass is 10.3. The van der Waals surface area contributed by atoms with Crippen molar-refractivity contribution < 1.29 is 9.21 Å². The molecule has 1 saturated heterocycles. The Labute approximate surface area is 102 Å². The normalized spacial score (nSPS) is 15.3. The van der Waals surface area contributed by atoms with Crippen LogP contribution in [0.4, 0.5) is 5.88 Å². The molecule has 0 aliphatic carbocycles. The average molecular weight is 239 g/mol. The Kier molecular flexibility index (Phi) is 5.00. The third-order valence-electron chi connectivity index (χ3n) is 2.65. The van der Waals surface area contributed by atoms with Gasteiger partial charge in [-0.15, -0.1) is 0 Å². The molecular weight excluding hydrogens is 218 g/mol. The molecule has 1 aromatic rings. The summed E-state index contributed by atoms with van der Waals surface area (Å²) in [6, 6.07) is 0. The van der Waals surface area contributed by atoms with Crippen molar-refractivity contribution in [3.63, 3.8) is 0 Å². The Morgan fingerprint density at radius 1 is 1.29 bits per heavy atom. The van der Waals surface area contributed by atoms with Gasteiger partial charge < -0.3 is 14.2 Å². The zero-order valence-corrected chi connectivity index (χ0v) is 11.1. The van der Waals surface area contributed by atoms with Crippen molar-refractivity contribution in [2.75, 3.05) is 31.1 Å². The number of carbonyl (C=O) groups excluding carboxylic acids is 1. The maximum absolute atomic E-state index is 11.1. The number of aryl methyl sites for hydroxylation is 1. The number of piperazine rings is 1. The third-order valence-corrected chi connectivity index (χ3v) is 2.65. The monoisotopic (exact) mass is 239 g/mol. The molecule has 1 fully saturated rings. The number of nitrogens with zero attached hydrogens (tertiary/aromatic N) is 3. The molecule has 5 nitrogen and oxygen atoms in total. The number of amides is 1. The van der Waals surface area contributed by atoms with Gasteiger partial charge in [-0.3, -0.25) is 4.79 Å². The van der Waals surface area contributed by atoms with Gasteiger partial charge in [0.15, 0.2) is 5.89 Å². The van der Waals surface area contributed by atoms with Crippen LogP contribution in [0.1, 0.15) is 26.7 Å².